The maximum absolute atomic E-state index is 13.2. The Morgan fingerprint density at radius 2 is 1.75 bits per heavy atom. The standard InChI is InChI=1S/C21H23ClN2O3S/c22-17-8-10-18(11-9-17)24(28(26,27)19-4-2-1-3-5-19)14-21(25)23-20-13-15-6-7-16(20)12-15/h1-5,8-11,15-16,20H,6-7,12-14H2,(H,23,25)/t15-,16-,20+/m1/s1. The molecule has 0 heterocycles. The van der Waals surface area contributed by atoms with Gasteiger partial charge < -0.3 is 5.32 Å². The Labute approximate surface area is 170 Å². The summed E-state index contributed by atoms with van der Waals surface area (Å²) in [5.41, 5.74) is 0.413. The number of nitrogens with zero attached hydrogens (tertiary/aromatic N) is 1. The predicted octanol–water partition coefficient (Wildman–Crippen LogP) is 3.84. The van der Waals surface area contributed by atoms with Gasteiger partial charge >= 0.3 is 0 Å². The van der Waals surface area contributed by atoms with Crippen LogP contribution >= 0.6 is 11.6 Å². The lowest BCUT2D eigenvalue weighted by atomic mass is 9.95. The number of amides is 1. The molecule has 0 unspecified atom stereocenters. The molecule has 2 saturated carbocycles. The molecule has 7 heteroatoms. The molecule has 5 nitrogen and oxygen atoms in total. The molecule has 2 aliphatic rings. The van der Waals surface area contributed by atoms with Crippen molar-refractivity contribution in [2.75, 3.05) is 10.8 Å². The third-order valence-electron chi connectivity index (χ3n) is 5.82. The fourth-order valence-corrected chi connectivity index (χ4v) is 6.01. The number of hydrogen-bond acceptors (Lipinski definition) is 3. The molecule has 2 aliphatic carbocycles. The van der Waals surface area contributed by atoms with E-state index in [0.717, 1.165) is 17.1 Å². The number of benzene rings is 2. The maximum atomic E-state index is 13.2. The molecule has 2 aromatic carbocycles. The van der Waals surface area contributed by atoms with E-state index in [0.29, 0.717) is 22.5 Å². The summed E-state index contributed by atoms with van der Waals surface area (Å²) >= 11 is 5.96. The molecule has 2 bridgehead atoms. The third-order valence-corrected chi connectivity index (χ3v) is 7.86. The second-order valence-electron chi connectivity index (χ2n) is 7.65. The Bertz CT molecular complexity index is 947. The van der Waals surface area contributed by atoms with Gasteiger partial charge in [-0.25, -0.2) is 8.42 Å². The Balaban J connectivity index is 1.58. The van der Waals surface area contributed by atoms with Crippen molar-refractivity contribution in [1.29, 1.82) is 0 Å². The van der Waals surface area contributed by atoms with E-state index >= 15 is 0 Å². The highest BCUT2D eigenvalue weighted by atomic mass is 35.5. The first kappa shape index (κ1) is 19.3. The topological polar surface area (TPSA) is 66.5 Å². The molecule has 28 heavy (non-hydrogen) atoms. The molecule has 0 aliphatic heterocycles. The monoisotopic (exact) mass is 418 g/mol. The van der Waals surface area contributed by atoms with Crippen molar-refractivity contribution >= 4 is 33.2 Å². The van der Waals surface area contributed by atoms with Gasteiger partial charge in [0.25, 0.3) is 10.0 Å². The van der Waals surface area contributed by atoms with Crippen LogP contribution in [0, 0.1) is 11.8 Å². The molecule has 1 N–H and O–H groups in total. The summed E-state index contributed by atoms with van der Waals surface area (Å²) in [5.74, 6) is 0.964. The summed E-state index contributed by atoms with van der Waals surface area (Å²) in [5, 5.41) is 3.58. The summed E-state index contributed by atoms with van der Waals surface area (Å²) in [6, 6.07) is 14.8. The maximum Gasteiger partial charge on any atom is 0.264 e. The number of carbonyl (C=O) groups is 1. The second kappa shape index (κ2) is 7.76. The molecule has 4 rings (SSSR count). The van der Waals surface area contributed by atoms with Crippen molar-refractivity contribution in [2.45, 2.75) is 36.6 Å². The van der Waals surface area contributed by atoms with Gasteiger partial charge in [0.1, 0.15) is 6.54 Å². The van der Waals surface area contributed by atoms with Gasteiger partial charge in [-0.1, -0.05) is 36.2 Å². The molecule has 0 spiro atoms. The number of fused-ring (bicyclic) bond motifs is 2. The van der Waals surface area contributed by atoms with Gasteiger partial charge in [-0.05, 0) is 67.5 Å². The highest BCUT2D eigenvalue weighted by Crippen LogP contribution is 2.44. The lowest BCUT2D eigenvalue weighted by Crippen LogP contribution is -2.45. The third kappa shape index (κ3) is 3.89. The SMILES string of the molecule is O=C(CN(c1ccc(Cl)cc1)S(=O)(=O)c1ccccc1)N[C@H]1C[C@@H]2CC[C@@H]1C2. The zero-order valence-electron chi connectivity index (χ0n) is 15.4. The number of anilines is 1. The van der Waals surface area contributed by atoms with E-state index in [1.54, 1.807) is 42.5 Å². The van der Waals surface area contributed by atoms with Gasteiger partial charge in [0, 0.05) is 11.1 Å². The van der Waals surface area contributed by atoms with Gasteiger partial charge in [0.05, 0.1) is 10.6 Å². The highest BCUT2D eigenvalue weighted by Gasteiger charge is 2.40. The number of nitrogens with one attached hydrogen (secondary N) is 1. The molecule has 2 aromatic rings. The smallest absolute Gasteiger partial charge is 0.264 e. The van der Waals surface area contributed by atoms with Crippen molar-refractivity contribution in [1.82, 2.24) is 5.32 Å². The van der Waals surface area contributed by atoms with Crippen molar-refractivity contribution in [3.8, 4) is 0 Å². The minimum atomic E-state index is -3.88. The van der Waals surface area contributed by atoms with E-state index in [-0.39, 0.29) is 23.4 Å². The summed E-state index contributed by atoms with van der Waals surface area (Å²) in [4.78, 5) is 12.9. The fourth-order valence-electron chi connectivity index (χ4n) is 4.45. The molecule has 148 valence electrons. The summed E-state index contributed by atoms with van der Waals surface area (Å²) in [6.07, 6.45) is 4.58. The minimum Gasteiger partial charge on any atom is -0.352 e. The van der Waals surface area contributed by atoms with Crippen LogP contribution in [-0.2, 0) is 14.8 Å². The zero-order valence-corrected chi connectivity index (χ0v) is 17.0. The van der Waals surface area contributed by atoms with Crippen molar-refractivity contribution in [3.63, 3.8) is 0 Å². The van der Waals surface area contributed by atoms with E-state index < -0.39 is 10.0 Å². The quantitative estimate of drug-likeness (QED) is 0.775. The van der Waals surface area contributed by atoms with Crippen LogP contribution in [0.1, 0.15) is 25.7 Å². The number of hydrogen-bond donors (Lipinski definition) is 1. The lowest BCUT2D eigenvalue weighted by Gasteiger charge is -2.27. The Hall–Kier alpha value is -2.05. The van der Waals surface area contributed by atoms with Crippen LogP contribution in [0.25, 0.3) is 0 Å². The average molecular weight is 419 g/mol. The minimum absolute atomic E-state index is 0.151. The number of sulfonamides is 1. The summed E-state index contributed by atoms with van der Waals surface area (Å²) in [7, 11) is -3.88. The highest BCUT2D eigenvalue weighted by molar-refractivity contribution is 7.92. The van der Waals surface area contributed by atoms with Gasteiger partial charge in [-0.15, -0.1) is 0 Å². The number of halogens is 1. The summed E-state index contributed by atoms with van der Waals surface area (Å²) in [6.45, 7) is -0.257. The number of rotatable bonds is 6. The van der Waals surface area contributed by atoms with Crippen LogP contribution in [-0.4, -0.2) is 26.9 Å². The Kier molecular flexibility index (Phi) is 5.34. The lowest BCUT2D eigenvalue weighted by molar-refractivity contribution is -0.120. The van der Waals surface area contributed by atoms with Crippen LogP contribution in [0.2, 0.25) is 5.02 Å². The van der Waals surface area contributed by atoms with Gasteiger partial charge in [-0.2, -0.15) is 0 Å². The zero-order chi connectivity index (χ0) is 19.7. The van der Waals surface area contributed by atoms with E-state index in [4.69, 9.17) is 11.6 Å². The van der Waals surface area contributed by atoms with E-state index in [9.17, 15) is 13.2 Å². The van der Waals surface area contributed by atoms with Crippen molar-refractivity contribution in [3.05, 3.63) is 59.6 Å². The molecule has 0 aromatic heterocycles. The van der Waals surface area contributed by atoms with Crippen LogP contribution < -0.4 is 9.62 Å². The molecule has 2 fully saturated rings. The van der Waals surface area contributed by atoms with Crippen LogP contribution in [0.4, 0.5) is 5.69 Å². The predicted molar refractivity (Wildman–Crippen MR) is 110 cm³/mol. The molecular formula is C21H23ClN2O3S. The largest absolute Gasteiger partial charge is 0.352 e. The van der Waals surface area contributed by atoms with Gasteiger partial charge in [-0.3, -0.25) is 9.10 Å². The molecule has 0 radical (unpaired) electrons. The van der Waals surface area contributed by atoms with E-state index in [1.807, 2.05) is 0 Å². The first-order valence-corrected chi connectivity index (χ1v) is 11.4. The van der Waals surface area contributed by atoms with Crippen LogP contribution in [0.5, 0.6) is 0 Å². The Morgan fingerprint density at radius 3 is 2.36 bits per heavy atom. The molecule has 3 atom stereocenters. The van der Waals surface area contributed by atoms with Gasteiger partial charge in [0.15, 0.2) is 0 Å². The molecule has 1 amide bonds. The number of carbonyl (C=O) groups excluding carboxylic acids is 1. The van der Waals surface area contributed by atoms with E-state index in [2.05, 4.69) is 5.32 Å². The van der Waals surface area contributed by atoms with Crippen LogP contribution in [0.15, 0.2) is 59.5 Å². The van der Waals surface area contributed by atoms with Crippen LogP contribution in [0.3, 0.4) is 0 Å². The summed E-state index contributed by atoms with van der Waals surface area (Å²) < 4.78 is 27.6. The van der Waals surface area contributed by atoms with Crippen molar-refractivity contribution < 1.29 is 13.2 Å². The van der Waals surface area contributed by atoms with Crippen molar-refractivity contribution in [2.24, 2.45) is 11.8 Å². The second-order valence-corrected chi connectivity index (χ2v) is 9.95. The van der Waals surface area contributed by atoms with Gasteiger partial charge in [0.2, 0.25) is 5.91 Å². The molecule has 0 saturated heterocycles. The Morgan fingerprint density at radius 1 is 1.04 bits per heavy atom. The van der Waals surface area contributed by atoms with E-state index in [1.165, 1.54) is 25.0 Å². The normalized spacial score (nSPS) is 23.5. The average Bonchev–Trinajstić information content (AvgIpc) is 3.31. The molecular weight excluding hydrogens is 396 g/mol. The first-order valence-electron chi connectivity index (χ1n) is 9.56. The fraction of sp³-hybridized carbons (Fsp3) is 0.381. The first-order chi connectivity index (χ1) is 13.4.